The van der Waals surface area contributed by atoms with Gasteiger partial charge in [0.25, 0.3) is 0 Å². The van der Waals surface area contributed by atoms with Crippen molar-refractivity contribution >= 4 is 27.4 Å². The zero-order valence-electron chi connectivity index (χ0n) is 35.4. The predicted octanol–water partition coefficient (Wildman–Crippen LogP) is 14.8. The highest BCUT2D eigenvalue weighted by atomic mass is 31.2. The molecule has 7 rings (SSSR count). The molecule has 0 bridgehead atoms. The van der Waals surface area contributed by atoms with Crippen LogP contribution in [0, 0.1) is 0 Å². The molecule has 0 saturated heterocycles. The fourth-order valence-electron chi connectivity index (χ4n) is 7.54. The van der Waals surface area contributed by atoms with Gasteiger partial charge in [-0.2, -0.15) is 0 Å². The average Bonchev–Trinajstić information content (AvgIpc) is 3.20. The van der Waals surface area contributed by atoms with Crippen molar-refractivity contribution in [3.63, 3.8) is 0 Å². The highest BCUT2D eigenvalue weighted by Crippen LogP contribution is 2.55. The van der Waals surface area contributed by atoms with Crippen LogP contribution in [-0.4, -0.2) is 0 Å². The second-order valence-corrected chi connectivity index (χ2v) is 19.4. The summed E-state index contributed by atoms with van der Waals surface area (Å²) in [7, 11) is -3.49. The third-order valence-corrected chi connectivity index (χ3v) is 13.8. The average molecular weight is 811 g/mol. The Morgan fingerprint density at radius 1 is 0.379 bits per heavy atom. The molecule has 0 radical (unpaired) electrons. The van der Waals surface area contributed by atoms with Crippen molar-refractivity contribution in [3.05, 3.63) is 167 Å². The molecule has 0 fully saturated rings. The molecule has 0 saturated carbocycles. The van der Waals surface area contributed by atoms with Crippen molar-refractivity contribution in [2.75, 3.05) is 0 Å². The van der Waals surface area contributed by atoms with Gasteiger partial charge < -0.3 is 22.8 Å². The smallest absolute Gasteiger partial charge is 0.330 e. The zero-order chi connectivity index (χ0) is 41.1. The maximum atomic E-state index is 7.31. The Morgan fingerprint density at radius 3 is 0.931 bits per heavy atom. The van der Waals surface area contributed by atoms with E-state index in [0.717, 1.165) is 78.5 Å². The van der Waals surface area contributed by atoms with Gasteiger partial charge in [0, 0.05) is 16.5 Å². The lowest BCUT2D eigenvalue weighted by Gasteiger charge is -2.37. The Labute approximate surface area is 348 Å². The first-order valence-corrected chi connectivity index (χ1v) is 22.8. The van der Waals surface area contributed by atoms with Gasteiger partial charge in [-0.25, -0.2) is 0 Å². The van der Waals surface area contributed by atoms with Gasteiger partial charge >= 0.3 is 16.8 Å². The van der Waals surface area contributed by atoms with Crippen molar-refractivity contribution in [2.45, 2.75) is 98.3 Å². The minimum atomic E-state index is -1.75. The van der Waals surface area contributed by atoms with Gasteiger partial charge in [-0.15, -0.1) is 0 Å². The van der Waals surface area contributed by atoms with E-state index in [1.165, 1.54) is 0 Å². The number of fused-ring (bicyclic) bond motifs is 2. The van der Waals surface area contributed by atoms with E-state index in [1.54, 1.807) is 0 Å². The quantitative estimate of drug-likeness (QED) is 0.103. The van der Waals surface area contributed by atoms with Gasteiger partial charge in [0.1, 0.15) is 34.5 Å². The number of rotatable bonds is 14. The summed E-state index contributed by atoms with van der Waals surface area (Å²) in [6.45, 7) is 22.0. The minimum Gasteiger partial charge on any atom is -0.455 e. The van der Waals surface area contributed by atoms with Crippen LogP contribution in [0.5, 0.6) is 34.5 Å². The van der Waals surface area contributed by atoms with Crippen LogP contribution in [0.3, 0.4) is 0 Å². The van der Waals surface area contributed by atoms with Crippen molar-refractivity contribution in [2.24, 2.45) is 0 Å². The summed E-state index contributed by atoms with van der Waals surface area (Å²) >= 11 is 0. The van der Waals surface area contributed by atoms with E-state index in [1.807, 2.05) is 48.5 Å². The molecule has 0 spiro atoms. The molecule has 58 heavy (non-hydrogen) atoms. The maximum Gasteiger partial charge on any atom is 0.330 e. The number of para-hydroxylation sites is 6. The number of ether oxygens (including phenoxy) is 1. The Balaban J connectivity index is 1.39. The normalized spacial score (nSPS) is 13.2. The van der Waals surface area contributed by atoms with Crippen LogP contribution < -0.4 is 33.4 Å². The van der Waals surface area contributed by atoms with Crippen LogP contribution in [0.15, 0.2) is 133 Å². The van der Waals surface area contributed by atoms with Crippen LogP contribution in [0.4, 0.5) is 0 Å². The van der Waals surface area contributed by atoms with Crippen LogP contribution in [-0.2, 0) is 5.41 Å². The first-order chi connectivity index (χ1) is 27.8. The van der Waals surface area contributed by atoms with Crippen LogP contribution in [0.25, 0.3) is 0 Å². The molecule has 0 N–H and O–H groups in total. The summed E-state index contributed by atoms with van der Waals surface area (Å²) < 4.78 is 35.6. The lowest BCUT2D eigenvalue weighted by molar-refractivity contribution is 0.420. The van der Waals surface area contributed by atoms with E-state index in [9.17, 15) is 0 Å². The second kappa shape index (κ2) is 17.6. The summed E-state index contributed by atoms with van der Waals surface area (Å²) in [5.41, 5.74) is 6.16. The van der Waals surface area contributed by atoms with Gasteiger partial charge in [-0.1, -0.05) is 166 Å². The first-order valence-electron chi connectivity index (χ1n) is 20.5. The standard InChI is InChI=1S/C51H56O5P2/c1-33(2)37-21-11-15-27-43(37)53-57(54-44-28-16-12-22-38(44)34(3)4)47-31-19-25-41-49(47)52-50-42(51(41,9)10)26-20-32-48(50)58(55-45-29-17-13-23-39(45)35(5)6)56-46-30-18-14-24-40(46)36(7)8/h11-36H,1-10H3. The van der Waals surface area contributed by atoms with E-state index in [4.69, 9.17) is 22.8 Å². The lowest BCUT2D eigenvalue weighted by Crippen LogP contribution is -2.31. The second-order valence-electron chi connectivity index (χ2n) is 16.7. The van der Waals surface area contributed by atoms with Gasteiger partial charge in [0.15, 0.2) is 0 Å². The van der Waals surface area contributed by atoms with Crippen LogP contribution in [0.2, 0.25) is 0 Å². The zero-order valence-corrected chi connectivity index (χ0v) is 37.2. The van der Waals surface area contributed by atoms with Gasteiger partial charge in [0.2, 0.25) is 0 Å². The molecule has 7 heteroatoms. The van der Waals surface area contributed by atoms with Gasteiger partial charge in [0.05, 0.1) is 10.6 Å². The molecular weight excluding hydrogens is 755 g/mol. The largest absolute Gasteiger partial charge is 0.455 e. The minimum absolute atomic E-state index is 0.256. The molecule has 6 aromatic rings. The molecule has 6 aromatic carbocycles. The van der Waals surface area contributed by atoms with Crippen molar-refractivity contribution in [3.8, 4) is 34.5 Å². The number of hydrogen-bond donors (Lipinski definition) is 0. The molecular formula is C51H56O5P2. The summed E-state index contributed by atoms with van der Waals surface area (Å²) in [6, 6.07) is 45.8. The summed E-state index contributed by atoms with van der Waals surface area (Å²) in [5, 5.41) is 1.72. The lowest BCUT2D eigenvalue weighted by atomic mass is 9.76. The molecule has 0 unspecified atom stereocenters. The molecule has 1 aliphatic rings. The fourth-order valence-corrected chi connectivity index (χ4v) is 10.5. The van der Waals surface area contributed by atoms with E-state index in [-0.39, 0.29) is 23.7 Å². The van der Waals surface area contributed by atoms with Crippen molar-refractivity contribution in [1.29, 1.82) is 0 Å². The number of benzene rings is 6. The van der Waals surface area contributed by atoms with Gasteiger partial charge in [-0.3, -0.25) is 0 Å². The van der Waals surface area contributed by atoms with E-state index in [2.05, 4.69) is 154 Å². The van der Waals surface area contributed by atoms with Crippen LogP contribution in [0.1, 0.15) is 126 Å². The summed E-state index contributed by atoms with van der Waals surface area (Å²) in [5.74, 6) is 5.71. The maximum absolute atomic E-state index is 7.31. The van der Waals surface area contributed by atoms with Crippen molar-refractivity contribution < 1.29 is 22.8 Å². The molecule has 300 valence electrons. The molecule has 0 aliphatic carbocycles. The topological polar surface area (TPSA) is 46.2 Å². The third kappa shape index (κ3) is 8.49. The Morgan fingerprint density at radius 2 is 0.655 bits per heavy atom. The highest BCUT2D eigenvalue weighted by Gasteiger charge is 2.41. The molecule has 5 nitrogen and oxygen atoms in total. The molecule has 0 aromatic heterocycles. The van der Waals surface area contributed by atoms with E-state index < -0.39 is 22.2 Å². The SMILES string of the molecule is CC(C)c1ccccc1OP(Oc1ccccc1C(C)C)c1cccc2c1Oc1c(P(Oc3ccccc3C(C)C)Oc3ccccc3C(C)C)cccc1C2(C)C. The fraction of sp³-hybridized carbons (Fsp3) is 0.294. The summed E-state index contributed by atoms with van der Waals surface area (Å²) in [6.07, 6.45) is 0. The molecule has 0 amide bonds. The Hall–Kier alpha value is -4.82. The van der Waals surface area contributed by atoms with Crippen molar-refractivity contribution in [1.82, 2.24) is 0 Å². The highest BCUT2D eigenvalue weighted by molar-refractivity contribution is 7.57. The Kier molecular flexibility index (Phi) is 12.5. The van der Waals surface area contributed by atoms with E-state index >= 15 is 0 Å². The Bertz CT molecular complexity index is 2090. The third-order valence-electron chi connectivity index (χ3n) is 10.8. The first kappa shape index (κ1) is 41.3. The predicted molar refractivity (Wildman–Crippen MR) is 243 cm³/mol. The number of hydrogen-bond acceptors (Lipinski definition) is 5. The van der Waals surface area contributed by atoms with E-state index in [0.29, 0.717) is 0 Å². The van der Waals surface area contributed by atoms with Crippen LogP contribution >= 0.6 is 16.8 Å². The molecule has 1 heterocycles. The molecule has 1 aliphatic heterocycles. The monoisotopic (exact) mass is 810 g/mol. The molecule has 0 atom stereocenters. The van der Waals surface area contributed by atoms with Gasteiger partial charge in [-0.05, 0) is 82.3 Å². The summed E-state index contributed by atoms with van der Waals surface area (Å²) in [4.78, 5) is 0.